The van der Waals surface area contributed by atoms with Gasteiger partial charge in [-0.05, 0) is 74.9 Å². The van der Waals surface area contributed by atoms with E-state index in [0.717, 1.165) is 30.4 Å². The maximum atomic E-state index is 13.0. The molecule has 0 bridgehead atoms. The van der Waals surface area contributed by atoms with Crippen molar-refractivity contribution in [3.05, 3.63) is 33.3 Å². The summed E-state index contributed by atoms with van der Waals surface area (Å²) in [4.78, 5) is 2.26. The van der Waals surface area contributed by atoms with Gasteiger partial charge in [0.2, 0.25) is 0 Å². The molecule has 1 aromatic carbocycles. The van der Waals surface area contributed by atoms with Crippen LogP contribution in [0, 0.1) is 13.8 Å². The number of nitrogens with zero attached hydrogens (tertiary/aromatic N) is 1. The molecule has 106 valence electrons. The van der Waals surface area contributed by atoms with Gasteiger partial charge >= 0.3 is 0 Å². The first kappa shape index (κ1) is 15.0. The highest BCUT2D eigenvalue weighted by Crippen LogP contribution is 2.22. The Kier molecular flexibility index (Phi) is 5.40. The fourth-order valence-corrected chi connectivity index (χ4v) is 3.65. The first-order valence-electron chi connectivity index (χ1n) is 7.18. The molecule has 1 atom stereocenters. The largest absolute Gasteiger partial charge is 0.300 e. The Morgan fingerprint density at radius 3 is 2.53 bits per heavy atom. The highest BCUT2D eigenvalue weighted by molar-refractivity contribution is 9.10. The van der Waals surface area contributed by atoms with Crippen molar-refractivity contribution < 1.29 is 4.39 Å². The second kappa shape index (κ2) is 6.85. The minimum Gasteiger partial charge on any atom is -0.300 e. The van der Waals surface area contributed by atoms with Crippen LogP contribution in [0.15, 0.2) is 16.6 Å². The van der Waals surface area contributed by atoms with E-state index in [1.165, 1.54) is 29.5 Å². The summed E-state index contributed by atoms with van der Waals surface area (Å²) in [6.07, 6.45) is 3.64. The molecule has 1 aromatic rings. The molecule has 3 heteroatoms. The molecule has 0 saturated carbocycles. The van der Waals surface area contributed by atoms with Crippen LogP contribution in [0.1, 0.15) is 36.0 Å². The number of hydrogen-bond acceptors (Lipinski definition) is 1. The molecule has 1 nitrogen and oxygen atoms in total. The molecule has 0 radical (unpaired) electrons. The maximum Gasteiger partial charge on any atom is 0.114 e. The van der Waals surface area contributed by atoms with Crippen LogP contribution >= 0.6 is 15.9 Å². The van der Waals surface area contributed by atoms with Gasteiger partial charge < -0.3 is 4.90 Å². The minimum absolute atomic E-state index is 0.587. The molecule has 0 aliphatic carbocycles. The summed E-state index contributed by atoms with van der Waals surface area (Å²) in [6, 6.07) is 4.38. The molecule has 0 spiro atoms. The first-order valence-corrected chi connectivity index (χ1v) is 7.97. The Morgan fingerprint density at radius 2 is 1.95 bits per heavy atom. The number of rotatable bonds is 5. The van der Waals surface area contributed by atoms with Crippen molar-refractivity contribution in [3.8, 4) is 0 Å². The van der Waals surface area contributed by atoms with E-state index in [9.17, 15) is 4.39 Å². The van der Waals surface area contributed by atoms with Gasteiger partial charge in [-0.15, -0.1) is 0 Å². The van der Waals surface area contributed by atoms with Crippen LogP contribution in [-0.4, -0.2) is 30.7 Å². The molecular weight excluding hydrogens is 305 g/mol. The molecule has 1 aliphatic rings. The van der Waals surface area contributed by atoms with Gasteiger partial charge in [-0.3, -0.25) is 0 Å². The van der Waals surface area contributed by atoms with Crippen molar-refractivity contribution in [1.82, 2.24) is 4.90 Å². The topological polar surface area (TPSA) is 3.24 Å². The molecule has 1 aliphatic heterocycles. The van der Waals surface area contributed by atoms with Crippen molar-refractivity contribution in [3.63, 3.8) is 0 Å². The van der Waals surface area contributed by atoms with E-state index in [-0.39, 0.29) is 0 Å². The second-order valence-corrected chi connectivity index (χ2v) is 6.58. The lowest BCUT2D eigenvalue weighted by molar-refractivity contribution is 0.283. The van der Waals surface area contributed by atoms with Gasteiger partial charge in [0.05, 0.1) is 0 Å². The third-order valence-corrected chi connectivity index (χ3v) is 4.48. The third kappa shape index (κ3) is 4.28. The van der Waals surface area contributed by atoms with E-state index < -0.39 is 6.17 Å². The summed E-state index contributed by atoms with van der Waals surface area (Å²) < 4.78 is 14.2. The number of benzene rings is 1. The fourth-order valence-electron chi connectivity index (χ4n) is 2.96. The van der Waals surface area contributed by atoms with Crippen LogP contribution < -0.4 is 0 Å². The van der Waals surface area contributed by atoms with Crippen LogP contribution in [-0.2, 0) is 6.42 Å². The lowest BCUT2D eigenvalue weighted by Gasteiger charge is -2.15. The summed E-state index contributed by atoms with van der Waals surface area (Å²) in [5.41, 5.74) is 4.22. The van der Waals surface area contributed by atoms with Crippen LogP contribution in [0.3, 0.4) is 0 Å². The average molecular weight is 328 g/mol. The Balaban J connectivity index is 1.77. The SMILES string of the molecule is Cc1cc(Br)cc(C)c1CCCCN1CC[C@@H](F)C1. The van der Waals surface area contributed by atoms with Gasteiger partial charge in [0, 0.05) is 17.6 Å². The van der Waals surface area contributed by atoms with E-state index >= 15 is 0 Å². The van der Waals surface area contributed by atoms with Crippen molar-refractivity contribution in [2.45, 2.75) is 45.7 Å². The van der Waals surface area contributed by atoms with Crippen molar-refractivity contribution in [2.75, 3.05) is 19.6 Å². The van der Waals surface area contributed by atoms with E-state index in [4.69, 9.17) is 0 Å². The third-order valence-electron chi connectivity index (χ3n) is 4.03. The lowest BCUT2D eigenvalue weighted by atomic mass is 9.98. The fraction of sp³-hybridized carbons (Fsp3) is 0.625. The summed E-state index contributed by atoms with van der Waals surface area (Å²) >= 11 is 3.54. The first-order chi connectivity index (χ1) is 9.06. The summed E-state index contributed by atoms with van der Waals surface area (Å²) in [5.74, 6) is 0. The molecular formula is C16H23BrFN. The zero-order chi connectivity index (χ0) is 13.8. The van der Waals surface area contributed by atoms with Gasteiger partial charge in [0.25, 0.3) is 0 Å². The number of hydrogen-bond donors (Lipinski definition) is 0. The zero-order valence-electron chi connectivity index (χ0n) is 11.9. The highest BCUT2D eigenvalue weighted by Gasteiger charge is 2.20. The van der Waals surface area contributed by atoms with E-state index in [2.05, 4.69) is 46.8 Å². The molecule has 0 unspecified atom stereocenters. The predicted octanol–water partition coefficient (Wildman–Crippen LogP) is 4.43. The molecule has 1 heterocycles. The molecule has 1 saturated heterocycles. The van der Waals surface area contributed by atoms with E-state index in [1.807, 2.05) is 0 Å². The molecule has 0 aromatic heterocycles. The van der Waals surface area contributed by atoms with Gasteiger partial charge in [-0.25, -0.2) is 4.39 Å². The Hall–Kier alpha value is -0.410. The lowest BCUT2D eigenvalue weighted by Crippen LogP contribution is -2.22. The van der Waals surface area contributed by atoms with Gasteiger partial charge in [-0.1, -0.05) is 15.9 Å². The van der Waals surface area contributed by atoms with Crippen LogP contribution in [0.2, 0.25) is 0 Å². The van der Waals surface area contributed by atoms with Crippen LogP contribution in [0.25, 0.3) is 0 Å². The standard InChI is InChI=1S/C16H23BrFN/c1-12-9-14(17)10-13(2)16(12)5-3-4-7-19-8-6-15(18)11-19/h9-10,15H,3-8,11H2,1-2H3/t15-/m1/s1. The Bertz CT molecular complexity index is 410. The number of halogens is 2. The quantitative estimate of drug-likeness (QED) is 0.723. The summed E-state index contributed by atoms with van der Waals surface area (Å²) in [5, 5.41) is 0. The van der Waals surface area contributed by atoms with Crippen molar-refractivity contribution in [1.29, 1.82) is 0 Å². The highest BCUT2D eigenvalue weighted by atomic mass is 79.9. The number of likely N-dealkylation sites (tertiary alicyclic amines) is 1. The van der Waals surface area contributed by atoms with E-state index in [0.29, 0.717) is 6.54 Å². The molecule has 2 rings (SSSR count). The zero-order valence-corrected chi connectivity index (χ0v) is 13.5. The minimum atomic E-state index is -0.587. The Morgan fingerprint density at radius 1 is 1.26 bits per heavy atom. The van der Waals surface area contributed by atoms with Gasteiger partial charge in [0.15, 0.2) is 0 Å². The Labute approximate surface area is 124 Å². The smallest absolute Gasteiger partial charge is 0.114 e. The summed E-state index contributed by atoms with van der Waals surface area (Å²) in [6.45, 7) is 7.01. The monoisotopic (exact) mass is 327 g/mol. The number of alkyl halides is 1. The molecule has 0 N–H and O–H groups in total. The normalized spacial score (nSPS) is 20.1. The van der Waals surface area contributed by atoms with Gasteiger partial charge in [0.1, 0.15) is 6.17 Å². The summed E-state index contributed by atoms with van der Waals surface area (Å²) in [7, 11) is 0. The predicted molar refractivity (Wildman–Crippen MR) is 82.5 cm³/mol. The molecule has 0 amide bonds. The number of unbranched alkanes of at least 4 members (excludes halogenated alkanes) is 1. The average Bonchev–Trinajstić information content (AvgIpc) is 2.73. The number of aryl methyl sites for hydroxylation is 2. The molecule has 1 fully saturated rings. The second-order valence-electron chi connectivity index (χ2n) is 5.66. The van der Waals surface area contributed by atoms with Crippen molar-refractivity contribution in [2.24, 2.45) is 0 Å². The van der Waals surface area contributed by atoms with Crippen LogP contribution in [0.4, 0.5) is 4.39 Å². The maximum absolute atomic E-state index is 13.0. The molecule has 19 heavy (non-hydrogen) atoms. The van der Waals surface area contributed by atoms with Gasteiger partial charge in [-0.2, -0.15) is 0 Å². The van der Waals surface area contributed by atoms with E-state index in [1.54, 1.807) is 0 Å². The van der Waals surface area contributed by atoms with Crippen LogP contribution in [0.5, 0.6) is 0 Å². The van der Waals surface area contributed by atoms with Crippen molar-refractivity contribution >= 4 is 15.9 Å².